The van der Waals surface area contributed by atoms with Gasteiger partial charge in [-0.15, -0.1) is 0 Å². The number of unbranched alkanes of at least 4 members (excludes halogenated alkanes) is 36. The molecule has 1 heterocycles. The van der Waals surface area contributed by atoms with Gasteiger partial charge in [-0.1, -0.05) is 252 Å². The van der Waals surface area contributed by atoms with Crippen LogP contribution in [0.15, 0.2) is 11.5 Å². The Labute approximate surface area is 403 Å². The topological polar surface area (TPSA) is 132 Å². The van der Waals surface area contributed by atoms with Gasteiger partial charge >= 0.3 is 29.8 Å². The third-order valence-corrected chi connectivity index (χ3v) is 12.9. The van der Waals surface area contributed by atoms with E-state index in [0.29, 0.717) is 19.3 Å². The lowest BCUT2D eigenvalue weighted by Gasteiger charge is -2.23. The number of esters is 5. The highest BCUT2D eigenvalue weighted by molar-refractivity contribution is 5.93. The summed E-state index contributed by atoms with van der Waals surface area (Å²) < 4.78 is 27.9. The number of ether oxygens (including phenoxy) is 5. The van der Waals surface area contributed by atoms with Crippen molar-refractivity contribution in [2.75, 3.05) is 6.61 Å². The van der Waals surface area contributed by atoms with Crippen LogP contribution in [0.4, 0.5) is 0 Å². The van der Waals surface area contributed by atoms with Crippen molar-refractivity contribution in [3.63, 3.8) is 0 Å². The summed E-state index contributed by atoms with van der Waals surface area (Å²) in [4.78, 5) is 64.7. The first-order valence-electron chi connectivity index (χ1n) is 27.9. The molecule has 10 heteroatoms. The second kappa shape index (κ2) is 44.6. The number of cyclic esters (lactones) is 1. The third-order valence-electron chi connectivity index (χ3n) is 12.9. The van der Waals surface area contributed by atoms with Crippen LogP contribution >= 0.6 is 0 Å². The molecular formula is C56H100O10. The van der Waals surface area contributed by atoms with Crippen LogP contribution in [0.2, 0.25) is 0 Å². The van der Waals surface area contributed by atoms with E-state index in [4.69, 9.17) is 23.7 Å². The predicted molar refractivity (Wildman–Crippen MR) is 267 cm³/mol. The van der Waals surface area contributed by atoms with E-state index in [1.807, 2.05) is 0 Å². The van der Waals surface area contributed by atoms with Crippen LogP contribution in [0.25, 0.3) is 0 Å². The molecule has 0 aromatic rings. The Kier molecular flexibility index (Phi) is 41.3. The molecule has 1 aliphatic heterocycles. The van der Waals surface area contributed by atoms with Crippen LogP contribution in [0.1, 0.15) is 297 Å². The van der Waals surface area contributed by atoms with Crippen molar-refractivity contribution in [1.82, 2.24) is 0 Å². The number of rotatable bonds is 48. The van der Waals surface area contributed by atoms with Gasteiger partial charge in [0.15, 0.2) is 6.10 Å². The summed E-state index contributed by atoms with van der Waals surface area (Å²) in [5.74, 6) is -4.25. The average molecular weight is 933 g/mol. The largest absolute Gasteiger partial charge is 0.462 e. The van der Waals surface area contributed by atoms with Crippen LogP contribution in [0.5, 0.6) is 0 Å². The first-order chi connectivity index (χ1) is 32.2. The van der Waals surface area contributed by atoms with Crippen LogP contribution < -0.4 is 0 Å². The fraction of sp³-hybridized carbons (Fsp3) is 0.875. The maximum Gasteiger partial charge on any atom is 0.379 e. The third kappa shape index (κ3) is 35.3. The van der Waals surface area contributed by atoms with E-state index in [0.717, 1.165) is 57.8 Å². The van der Waals surface area contributed by atoms with Crippen molar-refractivity contribution in [3.8, 4) is 0 Å². The maximum atomic E-state index is 13.3. The Hall–Kier alpha value is -2.91. The second-order valence-electron chi connectivity index (χ2n) is 19.3. The molecule has 384 valence electrons. The van der Waals surface area contributed by atoms with Gasteiger partial charge in [-0.3, -0.25) is 19.2 Å². The van der Waals surface area contributed by atoms with Gasteiger partial charge in [0.1, 0.15) is 6.61 Å². The molecule has 0 fully saturated rings. The molecule has 66 heavy (non-hydrogen) atoms. The summed E-state index contributed by atoms with van der Waals surface area (Å²) in [6, 6.07) is 0. The molecular weight excluding hydrogens is 833 g/mol. The highest BCUT2D eigenvalue weighted by atomic mass is 16.7. The number of hydrogen-bond acceptors (Lipinski definition) is 10. The van der Waals surface area contributed by atoms with E-state index in [2.05, 4.69) is 20.8 Å². The first-order valence-corrected chi connectivity index (χ1v) is 27.9. The van der Waals surface area contributed by atoms with Crippen molar-refractivity contribution in [1.29, 1.82) is 0 Å². The zero-order chi connectivity index (χ0) is 48.1. The molecule has 0 aromatic heterocycles. The van der Waals surface area contributed by atoms with Crippen molar-refractivity contribution in [3.05, 3.63) is 11.5 Å². The van der Waals surface area contributed by atoms with Gasteiger partial charge in [-0.25, -0.2) is 4.79 Å². The molecule has 0 radical (unpaired) electrons. The zero-order valence-electron chi connectivity index (χ0n) is 43.1. The molecule has 1 aliphatic rings. The molecule has 0 unspecified atom stereocenters. The lowest BCUT2D eigenvalue weighted by molar-refractivity contribution is -0.171. The highest BCUT2D eigenvalue weighted by Crippen LogP contribution is 2.30. The highest BCUT2D eigenvalue weighted by Gasteiger charge is 2.46. The van der Waals surface area contributed by atoms with Crippen molar-refractivity contribution in [2.24, 2.45) is 0 Å². The number of carbonyl (C=O) groups is 5. The molecule has 2 atom stereocenters. The molecule has 0 amide bonds. The standard InChI is InChI=1S/C56H100O10/c1-5-8-11-14-17-20-23-26-29-32-35-38-41-44-50(58)62-47-49(63-48(4)57)53-54(64-51(59)45-42-39-36-33-30-27-24-21-18-15-12-9-6-2)55(56(61)66-53)65-52(60)46-43-40-37-34-31-28-25-22-19-16-13-10-7-3/h49,53H,5-47H2,1-4H3/t49-,53+/m0/s1. The summed E-state index contributed by atoms with van der Waals surface area (Å²) in [6.07, 6.45) is 43.5. The van der Waals surface area contributed by atoms with Gasteiger partial charge in [-0.2, -0.15) is 0 Å². The predicted octanol–water partition coefficient (Wildman–Crippen LogP) is 16.1. The monoisotopic (exact) mass is 933 g/mol. The molecule has 0 N–H and O–H groups in total. The Balaban J connectivity index is 2.70. The normalized spacial score (nSPS) is 14.1. The Bertz CT molecular complexity index is 1260. The molecule has 0 spiro atoms. The van der Waals surface area contributed by atoms with E-state index in [-0.39, 0.29) is 25.0 Å². The minimum atomic E-state index is -1.43. The molecule has 10 nitrogen and oxygen atoms in total. The Morgan fingerprint density at radius 1 is 0.424 bits per heavy atom. The quantitative estimate of drug-likeness (QED) is 0.0330. The second-order valence-corrected chi connectivity index (χ2v) is 19.3. The Morgan fingerprint density at radius 3 is 1.03 bits per heavy atom. The maximum absolute atomic E-state index is 13.3. The summed E-state index contributed by atoms with van der Waals surface area (Å²) >= 11 is 0. The fourth-order valence-corrected chi connectivity index (χ4v) is 8.74. The van der Waals surface area contributed by atoms with Gasteiger partial charge < -0.3 is 23.7 Å². The number of carbonyl (C=O) groups excluding carboxylic acids is 5. The van der Waals surface area contributed by atoms with Gasteiger partial charge in [0.25, 0.3) is 5.76 Å². The Morgan fingerprint density at radius 2 is 0.712 bits per heavy atom. The molecule has 0 saturated heterocycles. The zero-order valence-corrected chi connectivity index (χ0v) is 43.1. The summed E-state index contributed by atoms with van der Waals surface area (Å²) in [5.41, 5.74) is 0. The SMILES string of the molecule is CCCCCCCCCCCCCCCC(=O)OC[C@H](OC(C)=O)[C@H]1OC(=O)C(OC(=O)CCCCCCCCCCCCCCC)=C1OC(=O)CCCCCCCCCCCCCCC. The number of hydrogen-bond donors (Lipinski definition) is 0. The van der Waals surface area contributed by atoms with E-state index < -0.39 is 54.4 Å². The average Bonchev–Trinajstić information content (AvgIpc) is 3.59. The van der Waals surface area contributed by atoms with E-state index in [1.54, 1.807) is 0 Å². The van der Waals surface area contributed by atoms with E-state index in [1.165, 1.54) is 180 Å². The molecule has 0 saturated carbocycles. The van der Waals surface area contributed by atoms with Gasteiger partial charge in [0, 0.05) is 26.2 Å². The molecule has 0 aliphatic carbocycles. The van der Waals surface area contributed by atoms with Crippen LogP contribution in [-0.4, -0.2) is 48.7 Å². The summed E-state index contributed by atoms with van der Waals surface area (Å²) in [7, 11) is 0. The van der Waals surface area contributed by atoms with Gasteiger partial charge in [0.2, 0.25) is 11.9 Å². The lowest BCUT2D eigenvalue weighted by atomic mass is 10.0. The van der Waals surface area contributed by atoms with Crippen LogP contribution in [0.3, 0.4) is 0 Å². The van der Waals surface area contributed by atoms with Crippen LogP contribution in [0, 0.1) is 0 Å². The first kappa shape index (κ1) is 61.1. The fourth-order valence-electron chi connectivity index (χ4n) is 8.74. The van der Waals surface area contributed by atoms with Crippen molar-refractivity contribution in [2.45, 2.75) is 310 Å². The van der Waals surface area contributed by atoms with E-state index >= 15 is 0 Å². The molecule has 1 rings (SSSR count). The summed E-state index contributed by atoms with van der Waals surface area (Å²) in [5, 5.41) is 0. The lowest BCUT2D eigenvalue weighted by Crippen LogP contribution is -2.38. The van der Waals surface area contributed by atoms with Crippen molar-refractivity contribution >= 4 is 29.8 Å². The smallest absolute Gasteiger partial charge is 0.379 e. The van der Waals surface area contributed by atoms with Gasteiger partial charge in [0.05, 0.1) is 0 Å². The summed E-state index contributed by atoms with van der Waals surface area (Å²) in [6.45, 7) is 7.50. The molecule has 0 bridgehead atoms. The molecule has 0 aromatic carbocycles. The van der Waals surface area contributed by atoms with E-state index in [9.17, 15) is 24.0 Å². The van der Waals surface area contributed by atoms with Gasteiger partial charge in [-0.05, 0) is 19.3 Å². The minimum Gasteiger partial charge on any atom is -0.462 e. The van der Waals surface area contributed by atoms with Crippen LogP contribution in [-0.2, 0) is 47.7 Å². The minimum absolute atomic E-state index is 0.0869. The van der Waals surface area contributed by atoms with Crippen molar-refractivity contribution < 1.29 is 47.7 Å².